The van der Waals surface area contributed by atoms with Crippen LogP contribution < -0.4 is 47.9 Å². The van der Waals surface area contributed by atoms with Crippen LogP contribution in [0.1, 0.15) is 99.3 Å². The topological polar surface area (TPSA) is 787 Å². The van der Waals surface area contributed by atoms with Gasteiger partial charge in [-0.3, -0.25) is 30.4 Å². The van der Waals surface area contributed by atoms with Crippen LogP contribution in [0.5, 0.6) is 0 Å². The predicted molar refractivity (Wildman–Crippen MR) is 352 cm³/mol. The molecule has 0 saturated carbocycles. The fourth-order valence-electron chi connectivity index (χ4n) is 10.9. The minimum absolute atomic E-state index is 0.0490. The average molecular weight is 1590 g/mol. The molecule has 5 fully saturated rings. The van der Waals surface area contributed by atoms with Crippen molar-refractivity contribution in [3.63, 3.8) is 0 Å². The molecule has 0 aromatic rings. The Bertz CT molecular complexity index is 2820. The van der Waals surface area contributed by atoms with E-state index in [0.29, 0.717) is 6.42 Å². The van der Waals surface area contributed by atoms with Gasteiger partial charge in [-0.15, -0.1) is 0 Å². The Morgan fingerprint density at radius 1 is 0.468 bits per heavy atom. The number of aliphatic hydroxyl groups excluding tert-OH is 20. The number of amides is 4. The lowest BCUT2D eigenvalue weighted by atomic mass is 9.84. The Kier molecular flexibility index (Phi) is 47.0. The van der Waals surface area contributed by atoms with Crippen LogP contribution in [0.2, 0.25) is 0 Å². The number of hydrogen-bond donors (Lipinski definition) is 26. The van der Waals surface area contributed by atoms with Gasteiger partial charge in [-0.25, -0.2) is 0 Å². The van der Waals surface area contributed by atoms with E-state index < -0.39 is 257 Å². The van der Waals surface area contributed by atoms with Crippen molar-refractivity contribution >= 4 is 53.1 Å². The molecular weight excluding hydrogens is 1480 g/mol. The number of Topliss-reactive ketones (excluding diaryl/α,β-unsaturated/α-hetero) is 2. The number of ketones is 2. The number of aliphatic hydroxyl groups is 20. The summed E-state index contributed by atoms with van der Waals surface area (Å²) in [6.07, 6.45) is -29.0. The number of methoxy groups -OCH3 is 3. The monoisotopic (exact) mass is 1590 g/mol. The van der Waals surface area contributed by atoms with Crippen molar-refractivity contribution in [1.82, 2.24) is 26.7 Å². The van der Waals surface area contributed by atoms with Crippen molar-refractivity contribution < 1.29 is 198 Å². The van der Waals surface area contributed by atoms with Crippen molar-refractivity contribution in [3.05, 3.63) is 11.6 Å². The zero-order chi connectivity index (χ0) is 84.5. The second-order valence-corrected chi connectivity index (χ2v) is 25.7. The van der Waals surface area contributed by atoms with Crippen molar-refractivity contribution in [2.45, 2.75) is 263 Å². The highest BCUT2D eigenvalue weighted by Gasteiger charge is 2.55. The lowest BCUT2D eigenvalue weighted by Crippen LogP contribution is -2.69. The molecule has 4 amide bonds. The summed E-state index contributed by atoms with van der Waals surface area (Å²) in [5, 5.41) is 235. The van der Waals surface area contributed by atoms with Crippen molar-refractivity contribution in [3.8, 4) is 0 Å². The fourth-order valence-corrected chi connectivity index (χ4v) is 10.9. The van der Waals surface area contributed by atoms with Gasteiger partial charge in [-0.2, -0.15) is 0 Å². The van der Waals surface area contributed by atoms with Gasteiger partial charge in [0.25, 0.3) is 0 Å². The molecule has 636 valence electrons. The third-order valence-corrected chi connectivity index (χ3v) is 17.6. The van der Waals surface area contributed by atoms with E-state index in [4.69, 9.17) is 63.4 Å². The van der Waals surface area contributed by atoms with E-state index in [1.54, 1.807) is 7.05 Å². The SMILES string of the molecule is C/C=C(\C)CCC(=O)N[C@H]1C([C@H](O)[C@H](O)CO)O[C@@](OC)(C(=O)[O-])C[C@H]1O.CC(=O)CCC(=O)NC1C(O)OC(CO)[C@@H](O)[C@@H]1O.CC(=O)NC1[C@H](O)OC(CO)[C@@H](O)[C@@H]1O.CNN.CO[C@]1(C(=O)[O-])C[C@@H](O)[C@@H](C)C([C@H](O)[C@H](O)CO)O1.CO[C@]1(C(=O)[O-])C[C@@H](O)[C@@H](NC(=O)CCC(C)=O)C([C@H](O)[C@H](O)CO)O1. The lowest BCUT2D eigenvalue weighted by molar-refractivity contribution is -0.381. The third kappa shape index (κ3) is 30.9. The van der Waals surface area contributed by atoms with Crippen LogP contribution in [-0.4, -0.2) is 381 Å². The van der Waals surface area contributed by atoms with E-state index in [-0.39, 0.29) is 50.1 Å². The van der Waals surface area contributed by atoms with E-state index >= 15 is 0 Å². The van der Waals surface area contributed by atoms with Crippen LogP contribution in [0.4, 0.5) is 0 Å². The van der Waals surface area contributed by atoms with Gasteiger partial charge in [-0.05, 0) is 41.2 Å². The number of rotatable bonds is 30. The highest BCUT2D eigenvalue weighted by Crippen LogP contribution is 2.37. The number of carbonyl (C=O) groups excluding carboxylic acids is 9. The molecule has 0 aliphatic carbocycles. The molecule has 5 rings (SSSR count). The Balaban J connectivity index is 0.00000134. The number of carbonyl (C=O) groups is 9. The molecule has 0 radical (unpaired) electrons. The van der Waals surface area contributed by atoms with E-state index in [1.807, 2.05) is 19.9 Å². The number of nitrogens with one attached hydrogen (secondary N) is 5. The summed E-state index contributed by atoms with van der Waals surface area (Å²) in [4.78, 5) is 102. The maximum atomic E-state index is 12.2. The van der Waals surface area contributed by atoms with Gasteiger partial charge >= 0.3 is 0 Å². The van der Waals surface area contributed by atoms with E-state index in [0.717, 1.165) is 26.9 Å². The summed E-state index contributed by atoms with van der Waals surface area (Å²) < 4.78 is 39.8. The lowest BCUT2D eigenvalue weighted by Gasteiger charge is -2.48. The van der Waals surface area contributed by atoms with Gasteiger partial charge < -0.3 is 201 Å². The van der Waals surface area contributed by atoms with Crippen LogP contribution in [0.3, 0.4) is 0 Å². The molecule has 0 bridgehead atoms. The fraction of sp³-hybridized carbons (Fsp3) is 0.825. The summed E-state index contributed by atoms with van der Waals surface area (Å²) in [7, 11) is 4.73. The first kappa shape index (κ1) is 103. The third-order valence-electron chi connectivity index (χ3n) is 17.6. The van der Waals surface area contributed by atoms with Gasteiger partial charge in [0, 0.05) is 85.5 Å². The van der Waals surface area contributed by atoms with Crippen molar-refractivity contribution in [2.24, 2.45) is 11.8 Å². The van der Waals surface area contributed by atoms with Gasteiger partial charge in [0.15, 0.2) is 12.6 Å². The number of carboxylic acids is 3. The Hall–Kier alpha value is -5.83. The molecule has 5 aliphatic rings. The zero-order valence-corrected chi connectivity index (χ0v) is 61.6. The molecule has 46 nitrogen and oxygen atoms in total. The summed E-state index contributed by atoms with van der Waals surface area (Å²) in [5.74, 6) is -10.8. The Labute approximate surface area is 624 Å². The average Bonchev–Trinajstić information content (AvgIpc) is 0.782. The number of carboxylic acid groups (broad SMARTS) is 3. The number of nitrogens with two attached hydrogens (primary N) is 1. The van der Waals surface area contributed by atoms with Gasteiger partial charge in [-0.1, -0.05) is 18.6 Å². The molecule has 5 aliphatic heterocycles. The maximum absolute atomic E-state index is 12.2. The van der Waals surface area contributed by atoms with Crippen LogP contribution in [-0.2, 0) is 81.0 Å². The van der Waals surface area contributed by atoms with Crippen LogP contribution in [0, 0.1) is 5.92 Å². The highest BCUT2D eigenvalue weighted by molar-refractivity contribution is 5.84. The van der Waals surface area contributed by atoms with Crippen molar-refractivity contribution in [1.29, 1.82) is 0 Å². The normalized spacial score (nSPS) is 33.8. The first-order valence-electron chi connectivity index (χ1n) is 33.8. The number of hydrazine groups is 1. The molecule has 0 aromatic carbocycles. The molecule has 109 heavy (non-hydrogen) atoms. The zero-order valence-electron chi connectivity index (χ0n) is 61.6. The second-order valence-electron chi connectivity index (χ2n) is 25.7. The maximum Gasteiger partial charge on any atom is 0.220 e. The molecule has 8 unspecified atom stereocenters. The van der Waals surface area contributed by atoms with Gasteiger partial charge in [0.1, 0.15) is 127 Å². The van der Waals surface area contributed by atoms with Crippen molar-refractivity contribution in [2.75, 3.05) is 61.4 Å². The van der Waals surface area contributed by atoms with Gasteiger partial charge in [0.05, 0.1) is 69.5 Å². The minimum Gasteiger partial charge on any atom is -0.544 e. The molecular formula is C63H111N6O40-3. The number of allylic oxidation sites excluding steroid dienone is 2. The molecule has 5 saturated heterocycles. The van der Waals surface area contributed by atoms with Crippen LogP contribution >= 0.6 is 0 Å². The number of aliphatic carboxylic acids is 3. The summed E-state index contributed by atoms with van der Waals surface area (Å²) in [5.41, 5.74) is 3.23. The Morgan fingerprint density at radius 2 is 0.752 bits per heavy atom. The number of hydrogen-bond acceptors (Lipinski definition) is 42. The highest BCUT2D eigenvalue weighted by atomic mass is 16.7. The first-order chi connectivity index (χ1) is 50.7. The molecule has 0 spiro atoms. The quantitative estimate of drug-likeness (QED) is 0.0180. The predicted octanol–water partition coefficient (Wildman–Crippen LogP) is -17.2. The molecule has 0 aromatic heterocycles. The van der Waals surface area contributed by atoms with E-state index in [9.17, 15) is 135 Å². The summed E-state index contributed by atoms with van der Waals surface area (Å²) in [6, 6.07) is -4.87. The molecule has 27 N–H and O–H groups in total. The molecule has 5 heterocycles. The number of ether oxygens (including phenoxy) is 8. The second kappa shape index (κ2) is 49.6. The summed E-state index contributed by atoms with van der Waals surface area (Å²) in [6.45, 7) is 5.51. The standard InChI is InChI=1S/C17H29NO9.C15H25NO10.C11H19NO7.C11H20O8.C8H15NO6.CH6N2/c1-4-9(2)5-6-12(22)18-13-10(20)7-17(26-3,16(24)25)27-15(13)14(23)11(21)8-19;1-7(18)3-4-10(21)16-11-8(19)5-15(25-2,14(23)24)26-13(11)12(22)9(20)6-17;1-5(14)2-3-7(15)12-8-10(17)9(16)6(4-13)19-11(8)18;1-5-6(13)3-11(18-2,10(16)17)19-9(5)8(15)7(14)4-12;1-3(11)9-5-7(13)6(12)4(2-10)15-8(5)14;1-3-2/h4,10-11,13-15,19-21,23H,5-8H2,1-3H3,(H,18,22)(H,24,25);8-9,11-13,17,19-20,22H,3-6H2,1-2H3,(H,16,21)(H,23,24);6,8-11,13,16-18H,2-4H2,1H3,(H,12,15);5-9,12-15H,3-4H2,1-2H3,(H,16,17);4-8,10,12-14H,2H2,1H3,(H,9,11);3H,2H2,1H3/p-3/b9-4+;;;;;/t10-,11-,13-,14-,15?,17-;8-,9-,11-,12-,13?,15-;6?,8?,9-,10-,11?;5-,6-,7-,8-,9?,11-;4?,5?,6-,7-,8-;/m11111./s1. The molecule has 46 heteroatoms. The Morgan fingerprint density at radius 3 is 1.03 bits per heavy atom. The smallest absolute Gasteiger partial charge is 0.220 e. The first-order valence-corrected chi connectivity index (χ1v) is 33.8. The summed E-state index contributed by atoms with van der Waals surface area (Å²) >= 11 is 0. The van der Waals surface area contributed by atoms with E-state index in [2.05, 4.69) is 32.5 Å². The molecule has 28 atom stereocenters. The van der Waals surface area contributed by atoms with Gasteiger partial charge in [0.2, 0.25) is 41.0 Å². The van der Waals surface area contributed by atoms with E-state index in [1.165, 1.54) is 27.7 Å². The van der Waals surface area contributed by atoms with Crippen LogP contribution in [0.25, 0.3) is 0 Å². The van der Waals surface area contributed by atoms with Crippen LogP contribution in [0.15, 0.2) is 11.6 Å². The minimum atomic E-state index is -2.42. The largest absolute Gasteiger partial charge is 0.544 e.